The van der Waals surface area contributed by atoms with Crippen molar-refractivity contribution in [3.8, 4) is 11.8 Å². The van der Waals surface area contributed by atoms with Crippen molar-refractivity contribution in [1.82, 2.24) is 9.88 Å². The molecule has 0 radical (unpaired) electrons. The van der Waals surface area contributed by atoms with Crippen molar-refractivity contribution in [1.29, 1.82) is 0 Å². The molecule has 1 heterocycles. The lowest BCUT2D eigenvalue weighted by molar-refractivity contribution is 0.310. The van der Waals surface area contributed by atoms with Gasteiger partial charge >= 0.3 is 0 Å². The number of rotatable bonds is 4. The van der Waals surface area contributed by atoms with Crippen LogP contribution >= 0.6 is 11.3 Å². The maximum Gasteiger partial charge on any atom is 0.128 e. The summed E-state index contributed by atoms with van der Waals surface area (Å²) in [5, 5.41) is 2.00. The molecule has 2 aromatic rings. The van der Waals surface area contributed by atoms with Crippen LogP contribution in [-0.2, 0) is 13.1 Å². The molecule has 104 valence electrons. The molecule has 1 aromatic heterocycles. The molecular weight excluding hydrogens is 273 g/mol. The molecule has 0 unspecified atom stereocenters. The molecule has 20 heavy (non-hydrogen) atoms. The van der Waals surface area contributed by atoms with E-state index >= 15 is 0 Å². The molecule has 0 aliphatic heterocycles. The van der Waals surface area contributed by atoms with E-state index in [1.807, 2.05) is 23.4 Å². The van der Waals surface area contributed by atoms with Crippen LogP contribution in [0.3, 0.4) is 0 Å². The second-order valence-electron chi connectivity index (χ2n) is 4.46. The Labute approximate surface area is 122 Å². The molecule has 3 nitrogen and oxygen atoms in total. The van der Waals surface area contributed by atoms with E-state index < -0.39 is 0 Å². The zero-order valence-electron chi connectivity index (χ0n) is 11.3. The first-order valence-electron chi connectivity index (χ1n) is 6.22. The Hall–Kier alpha value is -1.74. The summed E-state index contributed by atoms with van der Waals surface area (Å²) in [6.07, 6.45) is 0. The van der Waals surface area contributed by atoms with Crippen LogP contribution in [0.5, 0.6) is 0 Å². The molecule has 0 spiro atoms. The standard InChI is InChI=1S/C15H16FN3S/c1-19(9-14-10-20-11-18-14)8-13-5-4-12(3-2-6-17)7-15(13)16/h4-5,7,10-11H,6,8-9,17H2,1H3. The monoisotopic (exact) mass is 289 g/mol. The minimum Gasteiger partial charge on any atom is -0.320 e. The predicted molar refractivity (Wildman–Crippen MR) is 79.6 cm³/mol. The van der Waals surface area contributed by atoms with Gasteiger partial charge in [0, 0.05) is 29.6 Å². The highest BCUT2D eigenvalue weighted by atomic mass is 32.1. The molecule has 0 saturated carbocycles. The number of hydrogen-bond acceptors (Lipinski definition) is 4. The fourth-order valence-corrected chi connectivity index (χ4v) is 2.39. The van der Waals surface area contributed by atoms with E-state index in [4.69, 9.17) is 5.73 Å². The van der Waals surface area contributed by atoms with Gasteiger partial charge in [0.2, 0.25) is 0 Å². The van der Waals surface area contributed by atoms with Gasteiger partial charge in [-0.2, -0.15) is 0 Å². The van der Waals surface area contributed by atoms with Gasteiger partial charge in [0.1, 0.15) is 5.82 Å². The molecule has 2 N–H and O–H groups in total. The molecule has 0 saturated heterocycles. The molecule has 0 atom stereocenters. The SMILES string of the molecule is CN(Cc1cscn1)Cc1ccc(C#CCN)cc1F. The smallest absolute Gasteiger partial charge is 0.128 e. The Balaban J connectivity index is 2.02. The number of hydrogen-bond donors (Lipinski definition) is 1. The molecule has 0 amide bonds. The van der Waals surface area contributed by atoms with Gasteiger partial charge in [-0.15, -0.1) is 11.3 Å². The third-order valence-electron chi connectivity index (χ3n) is 2.74. The van der Waals surface area contributed by atoms with Crippen LogP contribution in [0.4, 0.5) is 4.39 Å². The van der Waals surface area contributed by atoms with Crippen LogP contribution in [0, 0.1) is 17.7 Å². The number of nitrogens with zero attached hydrogens (tertiary/aromatic N) is 2. The third-order valence-corrected chi connectivity index (χ3v) is 3.38. The number of halogens is 1. The summed E-state index contributed by atoms with van der Waals surface area (Å²) in [5.74, 6) is 5.30. The quantitative estimate of drug-likeness (QED) is 0.878. The minimum absolute atomic E-state index is 0.237. The Morgan fingerprint density at radius 1 is 1.40 bits per heavy atom. The Bertz CT molecular complexity index is 614. The fraction of sp³-hybridized carbons (Fsp3) is 0.267. The maximum atomic E-state index is 14.0. The van der Waals surface area contributed by atoms with Crippen molar-refractivity contribution >= 4 is 11.3 Å². The number of nitrogens with two attached hydrogens (primary N) is 1. The molecule has 0 bridgehead atoms. The highest BCUT2D eigenvalue weighted by Crippen LogP contribution is 2.13. The average molecular weight is 289 g/mol. The summed E-state index contributed by atoms with van der Waals surface area (Å²) < 4.78 is 14.0. The molecule has 1 aromatic carbocycles. The Morgan fingerprint density at radius 2 is 2.25 bits per heavy atom. The molecule has 0 aliphatic rings. The summed E-state index contributed by atoms with van der Waals surface area (Å²) in [7, 11) is 1.95. The second kappa shape index (κ2) is 7.15. The van der Waals surface area contributed by atoms with E-state index in [0.29, 0.717) is 24.2 Å². The van der Waals surface area contributed by atoms with Crippen LogP contribution in [0.15, 0.2) is 29.1 Å². The second-order valence-corrected chi connectivity index (χ2v) is 5.18. The summed E-state index contributed by atoms with van der Waals surface area (Å²) in [4.78, 5) is 6.25. The van der Waals surface area contributed by atoms with Crippen LogP contribution < -0.4 is 5.73 Å². The van der Waals surface area contributed by atoms with Gasteiger partial charge in [0.15, 0.2) is 0 Å². The van der Waals surface area contributed by atoms with Crippen molar-refractivity contribution in [2.45, 2.75) is 13.1 Å². The van der Waals surface area contributed by atoms with Gasteiger partial charge in [-0.1, -0.05) is 17.9 Å². The lowest BCUT2D eigenvalue weighted by Gasteiger charge is -2.15. The van der Waals surface area contributed by atoms with E-state index in [9.17, 15) is 4.39 Å². The van der Waals surface area contributed by atoms with E-state index in [1.54, 1.807) is 22.9 Å². The number of thiazole rings is 1. The first kappa shape index (κ1) is 14.7. The topological polar surface area (TPSA) is 42.2 Å². The van der Waals surface area contributed by atoms with Crippen molar-refractivity contribution in [2.75, 3.05) is 13.6 Å². The van der Waals surface area contributed by atoms with Crippen LogP contribution in [0.25, 0.3) is 0 Å². The van der Waals surface area contributed by atoms with E-state index in [1.165, 1.54) is 6.07 Å². The van der Waals surface area contributed by atoms with Gasteiger partial charge in [-0.05, 0) is 19.2 Å². The average Bonchev–Trinajstić information content (AvgIpc) is 2.92. The van der Waals surface area contributed by atoms with Gasteiger partial charge < -0.3 is 5.73 Å². The molecule has 0 fully saturated rings. The summed E-state index contributed by atoms with van der Waals surface area (Å²) >= 11 is 1.56. The van der Waals surface area contributed by atoms with Gasteiger partial charge in [0.05, 0.1) is 17.7 Å². The van der Waals surface area contributed by atoms with Gasteiger partial charge in [0.25, 0.3) is 0 Å². The fourth-order valence-electron chi connectivity index (χ4n) is 1.85. The lowest BCUT2D eigenvalue weighted by atomic mass is 10.1. The predicted octanol–water partition coefficient (Wildman–Crippen LogP) is 2.22. The van der Waals surface area contributed by atoms with Gasteiger partial charge in [-0.25, -0.2) is 9.37 Å². The zero-order chi connectivity index (χ0) is 14.4. The van der Waals surface area contributed by atoms with Crippen LogP contribution in [0.2, 0.25) is 0 Å². The molecular formula is C15H16FN3S. The molecule has 2 rings (SSSR count). The summed E-state index contributed by atoms with van der Waals surface area (Å²) in [6, 6.07) is 5.04. The van der Waals surface area contributed by atoms with Crippen molar-refractivity contribution in [3.05, 3.63) is 51.7 Å². The molecule has 5 heteroatoms. The van der Waals surface area contributed by atoms with E-state index in [2.05, 4.69) is 16.8 Å². The third kappa shape index (κ3) is 4.14. The lowest BCUT2D eigenvalue weighted by Crippen LogP contribution is -2.18. The van der Waals surface area contributed by atoms with E-state index in [0.717, 1.165) is 5.69 Å². The normalized spacial score (nSPS) is 10.4. The highest BCUT2D eigenvalue weighted by Gasteiger charge is 2.07. The number of benzene rings is 1. The Morgan fingerprint density at radius 3 is 2.90 bits per heavy atom. The van der Waals surface area contributed by atoms with Gasteiger partial charge in [-0.3, -0.25) is 4.90 Å². The van der Waals surface area contributed by atoms with Crippen LogP contribution in [-0.4, -0.2) is 23.5 Å². The van der Waals surface area contributed by atoms with E-state index in [-0.39, 0.29) is 12.4 Å². The van der Waals surface area contributed by atoms with Crippen molar-refractivity contribution in [3.63, 3.8) is 0 Å². The number of aromatic nitrogens is 1. The highest BCUT2D eigenvalue weighted by molar-refractivity contribution is 7.07. The largest absolute Gasteiger partial charge is 0.320 e. The van der Waals surface area contributed by atoms with Crippen molar-refractivity contribution < 1.29 is 4.39 Å². The first-order chi connectivity index (χ1) is 9.69. The molecule has 0 aliphatic carbocycles. The Kier molecular flexibility index (Phi) is 5.24. The van der Waals surface area contributed by atoms with Crippen LogP contribution in [0.1, 0.15) is 16.8 Å². The minimum atomic E-state index is -0.237. The van der Waals surface area contributed by atoms with Crippen molar-refractivity contribution in [2.24, 2.45) is 5.73 Å². The zero-order valence-corrected chi connectivity index (χ0v) is 12.1. The first-order valence-corrected chi connectivity index (χ1v) is 7.16. The maximum absolute atomic E-state index is 14.0. The summed E-state index contributed by atoms with van der Waals surface area (Å²) in [6.45, 7) is 1.52. The summed E-state index contributed by atoms with van der Waals surface area (Å²) in [5.41, 5.74) is 9.40.